The van der Waals surface area contributed by atoms with Crippen molar-refractivity contribution in [2.24, 2.45) is 0 Å². The number of nitrogens with zero attached hydrogens (tertiary/aromatic N) is 2. The molecule has 0 aromatic heterocycles. The molecule has 20 heavy (non-hydrogen) atoms. The summed E-state index contributed by atoms with van der Waals surface area (Å²) in [7, 11) is 0. The van der Waals surface area contributed by atoms with Crippen molar-refractivity contribution in [2.45, 2.75) is 44.7 Å². The molecule has 0 bridgehead atoms. The molecule has 2 unspecified atom stereocenters. The molecule has 1 saturated heterocycles. The van der Waals surface area contributed by atoms with E-state index >= 15 is 0 Å². The number of carboxylic acids is 1. The van der Waals surface area contributed by atoms with E-state index in [1.165, 1.54) is 0 Å². The molecule has 0 spiro atoms. The summed E-state index contributed by atoms with van der Waals surface area (Å²) in [5.74, 6) is -0.752. The maximum Gasteiger partial charge on any atom is 0.323 e. The van der Waals surface area contributed by atoms with Crippen molar-refractivity contribution in [3.05, 3.63) is 35.4 Å². The van der Waals surface area contributed by atoms with Crippen LogP contribution in [-0.2, 0) is 4.79 Å². The van der Waals surface area contributed by atoms with E-state index in [9.17, 15) is 9.90 Å². The average molecular weight is 272 g/mol. The predicted molar refractivity (Wildman–Crippen MR) is 76.2 cm³/mol. The van der Waals surface area contributed by atoms with Crippen molar-refractivity contribution >= 4 is 5.97 Å². The number of nitriles is 1. The van der Waals surface area contributed by atoms with Gasteiger partial charge in [-0.25, -0.2) is 0 Å². The van der Waals surface area contributed by atoms with Crippen LogP contribution < -0.4 is 0 Å². The molecule has 0 aliphatic carbocycles. The van der Waals surface area contributed by atoms with Crippen LogP contribution in [-0.4, -0.2) is 28.1 Å². The summed E-state index contributed by atoms with van der Waals surface area (Å²) < 4.78 is 0. The fourth-order valence-electron chi connectivity index (χ4n) is 3.01. The molecule has 0 saturated carbocycles. The second kappa shape index (κ2) is 5.64. The highest BCUT2D eigenvalue weighted by Gasteiger charge is 2.43. The summed E-state index contributed by atoms with van der Waals surface area (Å²) in [6.45, 7) is 4.65. The van der Waals surface area contributed by atoms with Gasteiger partial charge >= 0.3 is 5.97 Å². The SMILES string of the molecule is CC(c1ccc(C#N)cc1)N1CCCCC1(C)C(=O)O. The Morgan fingerprint density at radius 1 is 1.40 bits per heavy atom. The van der Waals surface area contributed by atoms with Crippen molar-refractivity contribution < 1.29 is 9.90 Å². The standard InChI is InChI=1S/C16H20N2O2/c1-12(14-7-5-13(11-17)6-8-14)18-10-4-3-9-16(18,2)15(19)20/h5-8,12H,3-4,9-10H2,1-2H3,(H,19,20). The highest BCUT2D eigenvalue weighted by Crippen LogP contribution is 2.35. The van der Waals surface area contributed by atoms with Crippen LogP contribution in [0, 0.1) is 11.3 Å². The van der Waals surface area contributed by atoms with E-state index in [0.29, 0.717) is 12.0 Å². The lowest BCUT2D eigenvalue weighted by Crippen LogP contribution is -2.55. The van der Waals surface area contributed by atoms with Crippen molar-refractivity contribution in [2.75, 3.05) is 6.54 Å². The molecule has 0 radical (unpaired) electrons. The Morgan fingerprint density at radius 2 is 2.05 bits per heavy atom. The van der Waals surface area contributed by atoms with E-state index in [4.69, 9.17) is 5.26 Å². The van der Waals surface area contributed by atoms with Crippen LogP contribution in [0.3, 0.4) is 0 Å². The molecule has 1 aromatic carbocycles. The minimum absolute atomic E-state index is 0.0316. The Bertz CT molecular complexity index is 532. The third kappa shape index (κ3) is 2.54. The highest BCUT2D eigenvalue weighted by atomic mass is 16.4. The molecule has 2 atom stereocenters. The minimum Gasteiger partial charge on any atom is -0.480 e. The van der Waals surface area contributed by atoms with Gasteiger partial charge in [-0.3, -0.25) is 9.69 Å². The Kier molecular flexibility index (Phi) is 4.10. The molecule has 4 heteroatoms. The van der Waals surface area contributed by atoms with Gasteiger partial charge in [0.1, 0.15) is 5.54 Å². The topological polar surface area (TPSA) is 64.3 Å². The third-order valence-electron chi connectivity index (χ3n) is 4.40. The van der Waals surface area contributed by atoms with Crippen molar-refractivity contribution in [3.63, 3.8) is 0 Å². The summed E-state index contributed by atoms with van der Waals surface area (Å²) in [5, 5.41) is 18.4. The van der Waals surface area contributed by atoms with Gasteiger partial charge in [-0.2, -0.15) is 5.26 Å². The number of hydrogen-bond donors (Lipinski definition) is 1. The molecule has 4 nitrogen and oxygen atoms in total. The lowest BCUT2D eigenvalue weighted by atomic mass is 9.86. The van der Waals surface area contributed by atoms with Crippen molar-refractivity contribution in [1.82, 2.24) is 4.90 Å². The Balaban J connectivity index is 2.27. The number of piperidine rings is 1. The second-order valence-corrected chi connectivity index (χ2v) is 5.64. The summed E-state index contributed by atoms with van der Waals surface area (Å²) in [4.78, 5) is 13.7. The van der Waals surface area contributed by atoms with Gasteiger partial charge in [0.2, 0.25) is 0 Å². The molecule has 1 aliphatic rings. The van der Waals surface area contributed by atoms with Crippen LogP contribution in [0.2, 0.25) is 0 Å². The number of carbonyl (C=O) groups is 1. The van der Waals surface area contributed by atoms with Crippen LogP contribution in [0.1, 0.15) is 50.3 Å². The van der Waals surface area contributed by atoms with Crippen LogP contribution >= 0.6 is 0 Å². The number of hydrogen-bond acceptors (Lipinski definition) is 3. The lowest BCUT2D eigenvalue weighted by molar-refractivity contribution is -0.155. The van der Waals surface area contributed by atoms with Gasteiger partial charge in [0.25, 0.3) is 0 Å². The summed E-state index contributed by atoms with van der Waals surface area (Å²) in [6.07, 6.45) is 2.67. The van der Waals surface area contributed by atoms with E-state index in [2.05, 4.69) is 11.0 Å². The van der Waals surface area contributed by atoms with Gasteiger partial charge in [0, 0.05) is 6.04 Å². The molecular formula is C16H20N2O2. The van der Waals surface area contributed by atoms with Crippen LogP contribution in [0.15, 0.2) is 24.3 Å². The summed E-state index contributed by atoms with van der Waals surface area (Å²) >= 11 is 0. The maximum atomic E-state index is 11.6. The van der Waals surface area contributed by atoms with E-state index in [1.54, 1.807) is 12.1 Å². The molecule has 1 heterocycles. The Morgan fingerprint density at radius 3 is 2.60 bits per heavy atom. The van der Waals surface area contributed by atoms with E-state index in [1.807, 2.05) is 26.0 Å². The van der Waals surface area contributed by atoms with Crippen molar-refractivity contribution in [1.29, 1.82) is 5.26 Å². The first-order chi connectivity index (χ1) is 9.49. The first kappa shape index (κ1) is 14.5. The van der Waals surface area contributed by atoms with Crippen molar-refractivity contribution in [3.8, 4) is 6.07 Å². The molecule has 1 aliphatic heterocycles. The highest BCUT2D eigenvalue weighted by molar-refractivity contribution is 5.78. The first-order valence-corrected chi connectivity index (χ1v) is 6.99. The zero-order valence-corrected chi connectivity index (χ0v) is 12.0. The van der Waals surface area contributed by atoms with Gasteiger partial charge in [0.15, 0.2) is 0 Å². The van der Waals surface area contributed by atoms with E-state index in [0.717, 1.165) is 24.9 Å². The monoisotopic (exact) mass is 272 g/mol. The zero-order chi connectivity index (χ0) is 14.8. The molecular weight excluding hydrogens is 252 g/mol. The predicted octanol–water partition coefficient (Wildman–Crippen LogP) is 2.95. The van der Waals surface area contributed by atoms with Crippen LogP contribution in [0.5, 0.6) is 0 Å². The number of rotatable bonds is 3. The number of aliphatic carboxylic acids is 1. The van der Waals surface area contributed by atoms with Gasteiger partial charge < -0.3 is 5.11 Å². The fourth-order valence-corrected chi connectivity index (χ4v) is 3.01. The quantitative estimate of drug-likeness (QED) is 0.918. The van der Waals surface area contributed by atoms with E-state index < -0.39 is 11.5 Å². The molecule has 0 amide bonds. The first-order valence-electron chi connectivity index (χ1n) is 6.99. The zero-order valence-electron chi connectivity index (χ0n) is 12.0. The van der Waals surface area contributed by atoms with Gasteiger partial charge in [-0.05, 0) is 57.4 Å². The Labute approximate surface area is 119 Å². The van der Waals surface area contributed by atoms with Crippen LogP contribution in [0.25, 0.3) is 0 Å². The average Bonchev–Trinajstić information content (AvgIpc) is 2.47. The minimum atomic E-state index is -0.800. The number of benzene rings is 1. The second-order valence-electron chi connectivity index (χ2n) is 5.64. The largest absolute Gasteiger partial charge is 0.480 e. The molecule has 1 aromatic rings. The van der Waals surface area contributed by atoms with Crippen LogP contribution in [0.4, 0.5) is 0 Å². The summed E-state index contributed by atoms with van der Waals surface area (Å²) in [5.41, 5.74) is 0.880. The van der Waals surface area contributed by atoms with E-state index in [-0.39, 0.29) is 6.04 Å². The maximum absolute atomic E-state index is 11.6. The molecule has 106 valence electrons. The van der Waals surface area contributed by atoms with Gasteiger partial charge in [-0.15, -0.1) is 0 Å². The third-order valence-corrected chi connectivity index (χ3v) is 4.40. The van der Waals surface area contributed by atoms with Gasteiger partial charge in [0.05, 0.1) is 11.6 Å². The number of carboxylic acid groups (broad SMARTS) is 1. The summed E-state index contributed by atoms with van der Waals surface area (Å²) in [6, 6.07) is 9.54. The van der Waals surface area contributed by atoms with Gasteiger partial charge in [-0.1, -0.05) is 12.1 Å². The molecule has 1 fully saturated rings. The Hall–Kier alpha value is -1.86. The molecule has 2 rings (SSSR count). The fraction of sp³-hybridized carbons (Fsp3) is 0.500. The molecule has 1 N–H and O–H groups in total. The number of likely N-dealkylation sites (tertiary alicyclic amines) is 1. The smallest absolute Gasteiger partial charge is 0.323 e. The lowest BCUT2D eigenvalue weighted by Gasteiger charge is -2.45. The normalized spacial score (nSPS) is 24.9.